The second kappa shape index (κ2) is 9.83. The van der Waals surface area contributed by atoms with Gasteiger partial charge in [-0.3, -0.25) is 15.1 Å². The van der Waals surface area contributed by atoms with Gasteiger partial charge in [0.1, 0.15) is 5.75 Å². The lowest BCUT2D eigenvalue weighted by atomic mass is 10.1. The number of benzene rings is 3. The fraction of sp³-hybridized carbons (Fsp3) is 0.154. The maximum atomic E-state index is 12.9. The van der Waals surface area contributed by atoms with E-state index in [0.717, 1.165) is 23.2 Å². The van der Waals surface area contributed by atoms with E-state index < -0.39 is 0 Å². The summed E-state index contributed by atoms with van der Waals surface area (Å²) in [5, 5.41) is 7.32. The Bertz CT molecular complexity index is 1260. The summed E-state index contributed by atoms with van der Waals surface area (Å²) in [7, 11) is 1.61. The Kier molecular flexibility index (Phi) is 6.51. The average Bonchev–Trinajstić information content (AvgIpc) is 3.22. The second-order valence-corrected chi connectivity index (χ2v) is 7.49. The smallest absolute Gasteiger partial charge is 0.257 e. The number of para-hydroxylation sites is 3. The number of aliphatic imine (C=N–C) groups is 1. The largest absolute Gasteiger partial charge is 0.495 e. The molecule has 0 fully saturated rings. The first-order chi connectivity index (χ1) is 15.6. The number of anilines is 1. The van der Waals surface area contributed by atoms with Crippen LogP contribution in [0.15, 0.2) is 84.0 Å². The zero-order valence-electron chi connectivity index (χ0n) is 18.2. The van der Waals surface area contributed by atoms with Crippen molar-refractivity contribution in [2.45, 2.75) is 13.3 Å². The molecule has 162 valence electrons. The highest BCUT2D eigenvalue weighted by Crippen LogP contribution is 2.23. The van der Waals surface area contributed by atoms with Crippen LogP contribution in [0.1, 0.15) is 21.5 Å². The highest BCUT2D eigenvalue weighted by atomic mass is 16.5. The number of H-pyrrole nitrogens is 1. The predicted octanol–water partition coefficient (Wildman–Crippen LogP) is 4.93. The molecular weight excluding hydrogens is 400 g/mol. The topological polar surface area (TPSA) is 78.5 Å². The van der Waals surface area contributed by atoms with Gasteiger partial charge in [-0.1, -0.05) is 48.0 Å². The fourth-order valence-corrected chi connectivity index (χ4v) is 3.58. The van der Waals surface area contributed by atoms with Crippen LogP contribution in [0, 0.1) is 6.92 Å². The minimum absolute atomic E-state index is 0.220. The first kappa shape index (κ1) is 21.2. The SMILES string of the molecule is COc1ccccc1NC(=NCCc1c[nH]c2ccccc12)NC(=O)c1cccc(C)c1. The quantitative estimate of drug-likeness (QED) is 0.302. The normalized spacial score (nSPS) is 11.4. The van der Waals surface area contributed by atoms with Crippen LogP contribution in [-0.2, 0) is 6.42 Å². The van der Waals surface area contributed by atoms with Gasteiger partial charge in [0.05, 0.1) is 12.8 Å². The van der Waals surface area contributed by atoms with Crippen molar-refractivity contribution in [3.05, 3.63) is 95.7 Å². The number of amides is 1. The van der Waals surface area contributed by atoms with Crippen molar-refractivity contribution in [3.8, 4) is 5.75 Å². The van der Waals surface area contributed by atoms with Crippen LogP contribution in [-0.4, -0.2) is 30.5 Å². The van der Waals surface area contributed by atoms with E-state index in [1.54, 1.807) is 13.2 Å². The molecule has 0 bridgehead atoms. The molecule has 3 N–H and O–H groups in total. The lowest BCUT2D eigenvalue weighted by Gasteiger charge is -2.14. The number of ether oxygens (including phenoxy) is 1. The molecule has 6 nitrogen and oxygen atoms in total. The fourth-order valence-electron chi connectivity index (χ4n) is 3.58. The summed E-state index contributed by atoms with van der Waals surface area (Å²) in [6, 6.07) is 23.2. The van der Waals surface area contributed by atoms with Crippen molar-refractivity contribution < 1.29 is 9.53 Å². The Hall–Kier alpha value is -4.06. The van der Waals surface area contributed by atoms with Crippen LogP contribution in [0.2, 0.25) is 0 Å². The average molecular weight is 427 g/mol. The number of rotatable bonds is 6. The Morgan fingerprint density at radius 3 is 2.69 bits per heavy atom. The number of hydrogen-bond acceptors (Lipinski definition) is 3. The van der Waals surface area contributed by atoms with Gasteiger partial charge in [-0.15, -0.1) is 0 Å². The van der Waals surface area contributed by atoms with Crippen LogP contribution < -0.4 is 15.4 Å². The van der Waals surface area contributed by atoms with Gasteiger partial charge in [-0.2, -0.15) is 0 Å². The molecule has 6 heteroatoms. The summed E-state index contributed by atoms with van der Waals surface area (Å²) in [5.41, 5.74) is 4.62. The van der Waals surface area contributed by atoms with E-state index in [4.69, 9.17) is 4.74 Å². The maximum Gasteiger partial charge on any atom is 0.257 e. The van der Waals surface area contributed by atoms with Gasteiger partial charge in [0.25, 0.3) is 5.91 Å². The van der Waals surface area contributed by atoms with Gasteiger partial charge in [-0.25, -0.2) is 0 Å². The van der Waals surface area contributed by atoms with Gasteiger partial charge in [0.15, 0.2) is 0 Å². The van der Waals surface area contributed by atoms with Crippen LogP contribution in [0.5, 0.6) is 5.75 Å². The summed E-state index contributed by atoms with van der Waals surface area (Å²) >= 11 is 0. The summed E-state index contributed by atoms with van der Waals surface area (Å²) < 4.78 is 5.43. The number of fused-ring (bicyclic) bond motifs is 1. The van der Waals surface area contributed by atoms with Crippen molar-refractivity contribution in [1.29, 1.82) is 0 Å². The van der Waals surface area contributed by atoms with E-state index >= 15 is 0 Å². The Labute approximate surface area is 187 Å². The number of carbonyl (C=O) groups is 1. The molecule has 0 atom stereocenters. The minimum atomic E-state index is -0.220. The lowest BCUT2D eigenvalue weighted by Crippen LogP contribution is -2.36. The van der Waals surface area contributed by atoms with Gasteiger partial charge < -0.3 is 15.0 Å². The van der Waals surface area contributed by atoms with Crippen molar-refractivity contribution in [2.24, 2.45) is 4.99 Å². The third-order valence-electron chi connectivity index (χ3n) is 5.20. The number of aromatic amines is 1. The van der Waals surface area contributed by atoms with Crippen molar-refractivity contribution >= 4 is 28.5 Å². The van der Waals surface area contributed by atoms with E-state index in [2.05, 4.69) is 32.7 Å². The number of nitrogens with zero attached hydrogens (tertiary/aromatic N) is 1. The number of methoxy groups -OCH3 is 1. The molecule has 0 unspecified atom stereocenters. The summed E-state index contributed by atoms with van der Waals surface area (Å²) in [6.07, 6.45) is 2.75. The molecule has 32 heavy (non-hydrogen) atoms. The molecule has 3 aromatic carbocycles. The van der Waals surface area contributed by atoms with Gasteiger partial charge in [0, 0.05) is 29.2 Å². The molecule has 0 saturated carbocycles. The van der Waals surface area contributed by atoms with Crippen LogP contribution in [0.25, 0.3) is 10.9 Å². The molecule has 0 spiro atoms. The number of carbonyl (C=O) groups excluding carboxylic acids is 1. The maximum absolute atomic E-state index is 12.9. The number of guanidine groups is 1. The molecule has 0 aliphatic heterocycles. The molecule has 4 rings (SSSR count). The van der Waals surface area contributed by atoms with E-state index in [0.29, 0.717) is 23.8 Å². The number of hydrogen-bond donors (Lipinski definition) is 3. The molecule has 1 amide bonds. The van der Waals surface area contributed by atoms with Crippen molar-refractivity contribution in [2.75, 3.05) is 19.0 Å². The summed E-state index contributed by atoms with van der Waals surface area (Å²) in [4.78, 5) is 20.8. The van der Waals surface area contributed by atoms with Gasteiger partial charge in [-0.05, 0) is 49.2 Å². The van der Waals surface area contributed by atoms with Gasteiger partial charge >= 0.3 is 0 Å². The highest BCUT2D eigenvalue weighted by Gasteiger charge is 2.12. The molecule has 0 radical (unpaired) electrons. The monoisotopic (exact) mass is 426 g/mol. The first-order valence-electron chi connectivity index (χ1n) is 10.5. The lowest BCUT2D eigenvalue weighted by molar-refractivity contribution is 0.0977. The zero-order chi connectivity index (χ0) is 22.3. The van der Waals surface area contributed by atoms with E-state index in [-0.39, 0.29) is 5.91 Å². The minimum Gasteiger partial charge on any atom is -0.495 e. The van der Waals surface area contributed by atoms with E-state index in [1.807, 2.05) is 67.7 Å². The first-order valence-corrected chi connectivity index (χ1v) is 10.5. The Balaban J connectivity index is 1.55. The second-order valence-electron chi connectivity index (χ2n) is 7.49. The number of aromatic nitrogens is 1. The number of nitrogens with one attached hydrogen (secondary N) is 3. The summed E-state index contributed by atoms with van der Waals surface area (Å²) in [5.74, 6) is 0.824. The molecule has 1 aromatic heterocycles. The summed E-state index contributed by atoms with van der Waals surface area (Å²) in [6.45, 7) is 2.47. The Morgan fingerprint density at radius 2 is 1.84 bits per heavy atom. The third-order valence-corrected chi connectivity index (χ3v) is 5.20. The highest BCUT2D eigenvalue weighted by molar-refractivity contribution is 6.10. The van der Waals surface area contributed by atoms with Crippen LogP contribution >= 0.6 is 0 Å². The van der Waals surface area contributed by atoms with Crippen LogP contribution in [0.3, 0.4) is 0 Å². The molecule has 0 saturated heterocycles. The van der Waals surface area contributed by atoms with Crippen LogP contribution in [0.4, 0.5) is 5.69 Å². The van der Waals surface area contributed by atoms with Gasteiger partial charge in [0.2, 0.25) is 5.96 Å². The molecule has 0 aliphatic rings. The molecule has 1 heterocycles. The Morgan fingerprint density at radius 1 is 1.03 bits per heavy atom. The molecule has 4 aromatic rings. The standard InChI is InChI=1S/C26H26N4O2/c1-18-8-7-9-19(16-18)25(31)30-26(29-23-12-5-6-13-24(23)32-2)27-15-14-20-17-28-22-11-4-3-10-21(20)22/h3-13,16-17,28H,14-15H2,1-2H3,(H2,27,29,30,31). The van der Waals surface area contributed by atoms with E-state index in [9.17, 15) is 4.79 Å². The zero-order valence-corrected chi connectivity index (χ0v) is 18.2. The third kappa shape index (κ3) is 4.98. The molecule has 0 aliphatic carbocycles. The van der Waals surface area contributed by atoms with E-state index in [1.165, 1.54) is 10.9 Å². The van der Waals surface area contributed by atoms with Crippen molar-refractivity contribution in [1.82, 2.24) is 10.3 Å². The number of aryl methyl sites for hydroxylation is 1. The van der Waals surface area contributed by atoms with Crippen molar-refractivity contribution in [3.63, 3.8) is 0 Å². The molecular formula is C26H26N4O2. The predicted molar refractivity (Wildman–Crippen MR) is 130 cm³/mol.